The first-order chi connectivity index (χ1) is 8.53. The van der Waals surface area contributed by atoms with Crippen LogP contribution in [0.15, 0.2) is 35.0 Å². The number of anilines is 1. The van der Waals surface area contributed by atoms with Crippen molar-refractivity contribution in [3.8, 4) is 11.1 Å². The molecule has 2 rings (SSSR count). The van der Waals surface area contributed by atoms with Crippen LogP contribution < -0.4 is 5.73 Å². The van der Waals surface area contributed by atoms with Gasteiger partial charge in [-0.25, -0.2) is 0 Å². The number of rotatable bonds is 4. The van der Waals surface area contributed by atoms with Crippen LogP contribution in [0.3, 0.4) is 0 Å². The lowest BCUT2D eigenvalue weighted by molar-refractivity contribution is 0.0233. The van der Waals surface area contributed by atoms with E-state index in [2.05, 4.69) is 25.1 Å². The molecule has 0 saturated carbocycles. The second kappa shape index (κ2) is 4.82. The van der Waals surface area contributed by atoms with Gasteiger partial charge in [0, 0.05) is 13.5 Å². The Morgan fingerprint density at radius 2 is 2.00 bits per heavy atom. The van der Waals surface area contributed by atoms with E-state index >= 15 is 0 Å². The molecule has 1 aromatic carbocycles. The standard InChI is InChI=1S/C14H18N2O2/c1-14(2,17-3)8-10-6-4-5-7-11(10)12-9-16-18-13(12)15/h4-7,9H,8,15H2,1-3H3. The van der Waals surface area contributed by atoms with Gasteiger partial charge in [0.1, 0.15) is 0 Å². The molecule has 4 heteroatoms. The van der Waals surface area contributed by atoms with Crippen molar-refractivity contribution in [2.24, 2.45) is 0 Å². The van der Waals surface area contributed by atoms with Crippen LogP contribution in [0.4, 0.5) is 5.88 Å². The first kappa shape index (κ1) is 12.6. The van der Waals surface area contributed by atoms with E-state index in [-0.39, 0.29) is 5.60 Å². The third-order valence-corrected chi connectivity index (χ3v) is 3.07. The zero-order valence-electron chi connectivity index (χ0n) is 10.9. The van der Waals surface area contributed by atoms with Gasteiger partial charge in [0.2, 0.25) is 5.88 Å². The lowest BCUT2D eigenvalue weighted by atomic mass is 9.92. The summed E-state index contributed by atoms with van der Waals surface area (Å²) in [5.74, 6) is 0.345. The van der Waals surface area contributed by atoms with Crippen molar-refractivity contribution in [3.63, 3.8) is 0 Å². The fourth-order valence-electron chi connectivity index (χ4n) is 1.92. The zero-order chi connectivity index (χ0) is 13.2. The molecule has 18 heavy (non-hydrogen) atoms. The van der Waals surface area contributed by atoms with Crippen molar-refractivity contribution in [1.82, 2.24) is 5.16 Å². The van der Waals surface area contributed by atoms with Crippen LogP contribution in [0.25, 0.3) is 11.1 Å². The van der Waals surface area contributed by atoms with Gasteiger partial charge in [-0.15, -0.1) is 0 Å². The molecule has 0 spiro atoms. The zero-order valence-corrected chi connectivity index (χ0v) is 10.9. The predicted molar refractivity (Wildman–Crippen MR) is 71.1 cm³/mol. The van der Waals surface area contributed by atoms with Crippen LogP contribution in [0.2, 0.25) is 0 Å². The van der Waals surface area contributed by atoms with Gasteiger partial charge in [-0.1, -0.05) is 29.4 Å². The molecular weight excluding hydrogens is 228 g/mol. The Morgan fingerprint density at radius 1 is 1.28 bits per heavy atom. The van der Waals surface area contributed by atoms with E-state index in [4.69, 9.17) is 15.0 Å². The molecule has 0 radical (unpaired) electrons. The Balaban J connectivity index is 2.41. The van der Waals surface area contributed by atoms with Gasteiger partial charge >= 0.3 is 0 Å². The molecule has 0 unspecified atom stereocenters. The van der Waals surface area contributed by atoms with Gasteiger partial charge in [-0.3, -0.25) is 0 Å². The molecule has 0 aliphatic heterocycles. The Kier molecular flexibility index (Phi) is 3.39. The molecule has 1 aromatic heterocycles. The highest BCUT2D eigenvalue weighted by Crippen LogP contribution is 2.31. The van der Waals surface area contributed by atoms with Gasteiger partial charge < -0.3 is 15.0 Å². The first-order valence-corrected chi connectivity index (χ1v) is 5.87. The van der Waals surface area contributed by atoms with Crippen molar-refractivity contribution in [2.45, 2.75) is 25.9 Å². The fourth-order valence-corrected chi connectivity index (χ4v) is 1.92. The van der Waals surface area contributed by atoms with Gasteiger partial charge in [0.15, 0.2) is 0 Å². The number of nitrogens with two attached hydrogens (primary N) is 1. The Morgan fingerprint density at radius 3 is 2.61 bits per heavy atom. The molecule has 0 amide bonds. The van der Waals surface area contributed by atoms with E-state index < -0.39 is 0 Å². The summed E-state index contributed by atoms with van der Waals surface area (Å²) in [4.78, 5) is 0. The summed E-state index contributed by atoms with van der Waals surface area (Å²) in [6.07, 6.45) is 2.44. The molecule has 0 fully saturated rings. The Bertz CT molecular complexity index is 532. The maximum atomic E-state index is 5.78. The Labute approximate surface area is 107 Å². The molecule has 1 heterocycles. The van der Waals surface area contributed by atoms with Crippen molar-refractivity contribution in [2.75, 3.05) is 12.8 Å². The number of ether oxygens (including phenoxy) is 1. The molecular formula is C14H18N2O2. The smallest absolute Gasteiger partial charge is 0.229 e. The van der Waals surface area contributed by atoms with E-state index in [1.54, 1.807) is 13.3 Å². The maximum Gasteiger partial charge on any atom is 0.229 e. The van der Waals surface area contributed by atoms with Crippen LogP contribution in [-0.2, 0) is 11.2 Å². The van der Waals surface area contributed by atoms with Crippen molar-refractivity contribution in [1.29, 1.82) is 0 Å². The monoisotopic (exact) mass is 246 g/mol. The molecule has 0 aliphatic carbocycles. The SMILES string of the molecule is COC(C)(C)Cc1ccccc1-c1cnoc1N. The number of hydrogen-bond donors (Lipinski definition) is 1. The number of benzene rings is 1. The highest BCUT2D eigenvalue weighted by atomic mass is 16.5. The third-order valence-electron chi connectivity index (χ3n) is 3.07. The van der Waals surface area contributed by atoms with E-state index in [1.165, 1.54) is 5.56 Å². The second-order valence-corrected chi connectivity index (χ2v) is 4.90. The summed E-state index contributed by atoms with van der Waals surface area (Å²) in [6.45, 7) is 4.11. The van der Waals surface area contributed by atoms with E-state index in [1.807, 2.05) is 18.2 Å². The fraction of sp³-hybridized carbons (Fsp3) is 0.357. The molecule has 0 aliphatic rings. The van der Waals surface area contributed by atoms with Crippen LogP contribution in [0.5, 0.6) is 0 Å². The summed E-state index contributed by atoms with van der Waals surface area (Å²) in [5.41, 5.74) is 8.60. The molecule has 2 aromatic rings. The number of nitrogens with zero attached hydrogens (tertiary/aromatic N) is 1. The molecule has 4 nitrogen and oxygen atoms in total. The average molecular weight is 246 g/mol. The van der Waals surface area contributed by atoms with E-state index in [9.17, 15) is 0 Å². The summed E-state index contributed by atoms with van der Waals surface area (Å²) in [6, 6.07) is 8.08. The summed E-state index contributed by atoms with van der Waals surface area (Å²) < 4.78 is 10.4. The molecule has 2 N–H and O–H groups in total. The van der Waals surface area contributed by atoms with E-state index in [0.29, 0.717) is 5.88 Å². The highest BCUT2D eigenvalue weighted by molar-refractivity contribution is 5.74. The second-order valence-electron chi connectivity index (χ2n) is 4.90. The minimum atomic E-state index is -0.220. The first-order valence-electron chi connectivity index (χ1n) is 5.87. The highest BCUT2D eigenvalue weighted by Gasteiger charge is 2.20. The topological polar surface area (TPSA) is 61.3 Å². The van der Waals surface area contributed by atoms with Crippen LogP contribution in [0, 0.1) is 0 Å². The lowest BCUT2D eigenvalue weighted by Crippen LogP contribution is -2.25. The molecule has 0 saturated heterocycles. The number of hydrogen-bond acceptors (Lipinski definition) is 4. The number of nitrogen functional groups attached to an aromatic ring is 1. The van der Waals surface area contributed by atoms with Gasteiger partial charge in [-0.2, -0.15) is 0 Å². The maximum absolute atomic E-state index is 5.78. The van der Waals surface area contributed by atoms with Crippen LogP contribution in [-0.4, -0.2) is 17.9 Å². The third kappa shape index (κ3) is 2.54. The van der Waals surface area contributed by atoms with Crippen molar-refractivity contribution < 1.29 is 9.26 Å². The van der Waals surface area contributed by atoms with Gasteiger partial charge in [0.05, 0.1) is 17.4 Å². The molecule has 0 bridgehead atoms. The minimum absolute atomic E-state index is 0.220. The van der Waals surface area contributed by atoms with Gasteiger partial charge in [0.25, 0.3) is 0 Å². The quantitative estimate of drug-likeness (QED) is 0.901. The van der Waals surface area contributed by atoms with Crippen LogP contribution in [0.1, 0.15) is 19.4 Å². The largest absolute Gasteiger partial charge is 0.378 e. The summed E-state index contributed by atoms with van der Waals surface area (Å²) in [7, 11) is 1.72. The lowest BCUT2D eigenvalue weighted by Gasteiger charge is -2.24. The minimum Gasteiger partial charge on any atom is -0.378 e. The summed E-state index contributed by atoms with van der Waals surface area (Å²) in [5, 5.41) is 3.72. The molecule has 96 valence electrons. The average Bonchev–Trinajstić information content (AvgIpc) is 2.76. The number of aromatic nitrogens is 1. The predicted octanol–water partition coefficient (Wildman–Crippen LogP) is 2.89. The Hall–Kier alpha value is -1.81. The normalized spacial score (nSPS) is 11.7. The van der Waals surface area contributed by atoms with E-state index in [0.717, 1.165) is 17.5 Å². The van der Waals surface area contributed by atoms with Gasteiger partial charge in [-0.05, 0) is 25.0 Å². The summed E-state index contributed by atoms with van der Waals surface area (Å²) >= 11 is 0. The van der Waals surface area contributed by atoms with Crippen LogP contribution >= 0.6 is 0 Å². The molecule has 0 atom stereocenters. The number of methoxy groups -OCH3 is 1. The van der Waals surface area contributed by atoms with Crippen molar-refractivity contribution in [3.05, 3.63) is 36.0 Å². The van der Waals surface area contributed by atoms with Crippen molar-refractivity contribution >= 4 is 5.88 Å².